The lowest BCUT2D eigenvalue weighted by Gasteiger charge is -2.25. The van der Waals surface area contributed by atoms with Crippen molar-refractivity contribution in [2.45, 2.75) is 38.9 Å². The fourth-order valence-electron chi connectivity index (χ4n) is 3.97. The number of guanidine groups is 1. The molecule has 0 bridgehead atoms. The third-order valence-corrected chi connectivity index (χ3v) is 5.58. The van der Waals surface area contributed by atoms with Crippen LogP contribution >= 0.6 is 0 Å². The largest absolute Gasteiger partial charge is 0.357 e. The summed E-state index contributed by atoms with van der Waals surface area (Å²) in [6.07, 6.45) is 9.69. The topological polar surface area (TPSA) is 70.4 Å². The molecule has 1 aromatic carbocycles. The first-order chi connectivity index (χ1) is 15.3. The lowest BCUT2D eigenvalue weighted by Crippen LogP contribution is -2.44. The van der Waals surface area contributed by atoms with Crippen LogP contribution in [0.3, 0.4) is 0 Å². The van der Waals surface area contributed by atoms with Crippen molar-refractivity contribution >= 4 is 5.96 Å². The maximum absolute atomic E-state index is 4.80. The molecule has 7 heteroatoms. The standard InChI is InChI=1S/C24H31N7/c1-2-26-24(28-16-21-10-11-27-23(15-21)31-14-12-25-19-31)29-17-22-9-6-13-30(22)18-20-7-4-3-5-8-20/h3-5,7-8,10-12,14-15,19,22H,2,6,9,13,16-18H2,1H3,(H2,26,28,29). The van der Waals surface area contributed by atoms with Crippen molar-refractivity contribution in [3.05, 3.63) is 78.5 Å². The molecule has 1 aliphatic rings. The highest BCUT2D eigenvalue weighted by Gasteiger charge is 2.24. The minimum absolute atomic E-state index is 0.526. The molecule has 0 aliphatic carbocycles. The Morgan fingerprint density at radius 3 is 2.84 bits per heavy atom. The Kier molecular flexibility index (Phi) is 7.28. The molecule has 3 heterocycles. The summed E-state index contributed by atoms with van der Waals surface area (Å²) in [6, 6.07) is 15.3. The first kappa shape index (κ1) is 21.1. The Balaban J connectivity index is 1.35. The predicted molar refractivity (Wildman–Crippen MR) is 124 cm³/mol. The van der Waals surface area contributed by atoms with Crippen molar-refractivity contribution in [3.8, 4) is 5.82 Å². The maximum Gasteiger partial charge on any atom is 0.191 e. The van der Waals surface area contributed by atoms with Crippen molar-refractivity contribution in [1.29, 1.82) is 0 Å². The number of hydrogen-bond donors (Lipinski definition) is 2. The molecule has 1 fully saturated rings. The molecule has 4 rings (SSSR count). The van der Waals surface area contributed by atoms with Crippen LogP contribution in [0.5, 0.6) is 0 Å². The van der Waals surface area contributed by atoms with E-state index in [1.807, 2.05) is 29.1 Å². The zero-order valence-electron chi connectivity index (χ0n) is 18.1. The number of likely N-dealkylation sites (tertiary alicyclic amines) is 1. The van der Waals surface area contributed by atoms with Gasteiger partial charge in [-0.25, -0.2) is 15.0 Å². The number of pyridine rings is 1. The van der Waals surface area contributed by atoms with Gasteiger partial charge in [0.2, 0.25) is 0 Å². The Morgan fingerprint density at radius 2 is 2.03 bits per heavy atom. The Morgan fingerprint density at radius 1 is 1.13 bits per heavy atom. The molecule has 31 heavy (non-hydrogen) atoms. The number of rotatable bonds is 8. The number of nitrogens with zero attached hydrogens (tertiary/aromatic N) is 5. The van der Waals surface area contributed by atoms with E-state index in [2.05, 4.69) is 62.8 Å². The predicted octanol–water partition coefficient (Wildman–Crippen LogP) is 2.99. The minimum atomic E-state index is 0.526. The average molecular weight is 418 g/mol. The smallest absolute Gasteiger partial charge is 0.191 e. The highest BCUT2D eigenvalue weighted by molar-refractivity contribution is 5.79. The summed E-state index contributed by atoms with van der Waals surface area (Å²) in [4.78, 5) is 15.9. The number of aromatic nitrogens is 3. The minimum Gasteiger partial charge on any atom is -0.357 e. The highest BCUT2D eigenvalue weighted by atomic mass is 15.2. The van der Waals surface area contributed by atoms with E-state index >= 15 is 0 Å². The van der Waals surface area contributed by atoms with E-state index in [9.17, 15) is 0 Å². The number of imidazole rings is 1. The van der Waals surface area contributed by atoms with Crippen molar-refractivity contribution in [2.24, 2.45) is 4.99 Å². The molecular weight excluding hydrogens is 386 g/mol. The van der Waals surface area contributed by atoms with Crippen LogP contribution in [0.15, 0.2) is 72.4 Å². The number of nitrogens with one attached hydrogen (secondary N) is 2. The summed E-state index contributed by atoms with van der Waals surface area (Å²) >= 11 is 0. The Bertz CT molecular complexity index is 953. The number of hydrogen-bond acceptors (Lipinski definition) is 4. The van der Waals surface area contributed by atoms with Crippen LogP contribution in [0.2, 0.25) is 0 Å². The molecule has 7 nitrogen and oxygen atoms in total. The van der Waals surface area contributed by atoms with Gasteiger partial charge in [-0.3, -0.25) is 9.47 Å². The van der Waals surface area contributed by atoms with Gasteiger partial charge >= 0.3 is 0 Å². The summed E-state index contributed by atoms with van der Waals surface area (Å²) in [5.74, 6) is 1.71. The van der Waals surface area contributed by atoms with E-state index in [0.29, 0.717) is 12.6 Å². The third-order valence-electron chi connectivity index (χ3n) is 5.58. The van der Waals surface area contributed by atoms with Gasteiger partial charge < -0.3 is 10.6 Å². The molecule has 0 saturated carbocycles. The summed E-state index contributed by atoms with van der Waals surface area (Å²) in [5, 5.41) is 6.93. The summed E-state index contributed by atoms with van der Waals surface area (Å²) in [6.45, 7) is 6.59. The van der Waals surface area contributed by atoms with Crippen LogP contribution in [0.1, 0.15) is 30.9 Å². The van der Waals surface area contributed by atoms with E-state index in [-0.39, 0.29) is 0 Å². The molecule has 1 saturated heterocycles. The molecule has 0 amide bonds. The molecule has 162 valence electrons. The van der Waals surface area contributed by atoms with Crippen LogP contribution in [-0.2, 0) is 13.1 Å². The van der Waals surface area contributed by atoms with Gasteiger partial charge in [-0.15, -0.1) is 0 Å². The molecule has 1 unspecified atom stereocenters. The van der Waals surface area contributed by atoms with Crippen molar-refractivity contribution < 1.29 is 0 Å². The van der Waals surface area contributed by atoms with Crippen LogP contribution in [0, 0.1) is 0 Å². The quantitative estimate of drug-likeness (QED) is 0.436. The molecular formula is C24H31N7. The average Bonchev–Trinajstić information content (AvgIpc) is 3.49. The zero-order valence-corrected chi connectivity index (χ0v) is 18.1. The second-order valence-corrected chi connectivity index (χ2v) is 7.82. The third kappa shape index (κ3) is 5.92. The van der Waals surface area contributed by atoms with Gasteiger partial charge in [0, 0.05) is 44.3 Å². The van der Waals surface area contributed by atoms with Gasteiger partial charge in [-0.1, -0.05) is 30.3 Å². The van der Waals surface area contributed by atoms with Gasteiger partial charge in [0.15, 0.2) is 5.96 Å². The van der Waals surface area contributed by atoms with Crippen LogP contribution in [0.4, 0.5) is 0 Å². The normalized spacial score (nSPS) is 17.1. The zero-order chi connectivity index (χ0) is 21.3. The number of benzene rings is 1. The fraction of sp³-hybridized carbons (Fsp3) is 0.375. The molecule has 2 N–H and O–H groups in total. The molecule has 2 aromatic heterocycles. The van der Waals surface area contributed by atoms with Crippen molar-refractivity contribution in [2.75, 3.05) is 19.6 Å². The van der Waals surface area contributed by atoms with Crippen molar-refractivity contribution in [1.82, 2.24) is 30.1 Å². The van der Waals surface area contributed by atoms with Gasteiger partial charge in [-0.2, -0.15) is 0 Å². The molecule has 0 radical (unpaired) electrons. The van der Waals surface area contributed by atoms with Crippen LogP contribution < -0.4 is 10.6 Å². The first-order valence-electron chi connectivity index (χ1n) is 11.0. The van der Waals surface area contributed by atoms with E-state index in [1.165, 1.54) is 18.4 Å². The Labute approximate surface area is 184 Å². The van der Waals surface area contributed by atoms with Crippen LogP contribution in [0.25, 0.3) is 5.82 Å². The SMILES string of the molecule is CCNC(=NCc1ccnc(-n2ccnc2)c1)NCC1CCCN1Cc1ccccc1. The molecule has 1 aliphatic heterocycles. The van der Waals surface area contributed by atoms with Gasteiger partial charge in [0.1, 0.15) is 12.1 Å². The molecule has 3 aromatic rings. The lowest BCUT2D eigenvalue weighted by molar-refractivity contribution is 0.245. The fourth-order valence-corrected chi connectivity index (χ4v) is 3.97. The first-order valence-corrected chi connectivity index (χ1v) is 11.0. The maximum atomic E-state index is 4.80. The van der Waals surface area contributed by atoms with Crippen LogP contribution in [-0.4, -0.2) is 51.1 Å². The van der Waals surface area contributed by atoms with Gasteiger partial charge in [0.25, 0.3) is 0 Å². The van der Waals surface area contributed by atoms with E-state index in [1.54, 1.807) is 12.5 Å². The Hall–Kier alpha value is -3.19. The second-order valence-electron chi connectivity index (χ2n) is 7.82. The molecule has 1 atom stereocenters. The van der Waals surface area contributed by atoms with E-state index < -0.39 is 0 Å². The lowest BCUT2D eigenvalue weighted by atomic mass is 10.2. The molecule has 0 spiro atoms. The van der Waals surface area contributed by atoms with E-state index in [0.717, 1.165) is 43.5 Å². The van der Waals surface area contributed by atoms with Gasteiger partial charge in [-0.05, 0) is 49.6 Å². The van der Waals surface area contributed by atoms with Gasteiger partial charge in [0.05, 0.1) is 6.54 Å². The number of aliphatic imine (C=N–C) groups is 1. The summed E-state index contributed by atoms with van der Waals surface area (Å²) in [7, 11) is 0. The summed E-state index contributed by atoms with van der Waals surface area (Å²) in [5.41, 5.74) is 2.49. The van der Waals surface area contributed by atoms with Crippen molar-refractivity contribution in [3.63, 3.8) is 0 Å². The van der Waals surface area contributed by atoms with E-state index in [4.69, 9.17) is 4.99 Å². The second kappa shape index (κ2) is 10.7. The highest BCUT2D eigenvalue weighted by Crippen LogP contribution is 2.19. The summed E-state index contributed by atoms with van der Waals surface area (Å²) < 4.78 is 1.90. The monoisotopic (exact) mass is 417 g/mol.